The number of aromatic nitrogens is 2. The molecule has 2 N–H and O–H groups in total. The molecule has 0 spiro atoms. The average Bonchev–Trinajstić information content (AvgIpc) is 2.59. The van der Waals surface area contributed by atoms with Gasteiger partial charge in [0.25, 0.3) is 5.56 Å². The average molecular weight is 271 g/mol. The van der Waals surface area contributed by atoms with Crippen LogP contribution in [0, 0.1) is 6.92 Å². The maximum absolute atomic E-state index is 11.3. The molecule has 0 radical (unpaired) electrons. The molecule has 0 fully saturated rings. The van der Waals surface area contributed by atoms with Crippen LogP contribution in [-0.4, -0.2) is 10.2 Å². The van der Waals surface area contributed by atoms with Crippen molar-refractivity contribution in [3.05, 3.63) is 44.3 Å². The van der Waals surface area contributed by atoms with E-state index in [0.29, 0.717) is 21.4 Å². The predicted octanol–water partition coefficient (Wildman–Crippen LogP) is 3.73. The summed E-state index contributed by atoms with van der Waals surface area (Å²) in [4.78, 5) is 11.3. The summed E-state index contributed by atoms with van der Waals surface area (Å²) < 4.78 is 0. The fraction of sp³-hybridized carbons (Fsp3) is 0.100. The zero-order valence-corrected chi connectivity index (χ0v) is 10.3. The van der Waals surface area contributed by atoms with E-state index in [2.05, 4.69) is 20.4 Å². The number of azo groups is 1. The SMILES string of the molecule is Cc1[nH][nH]c(=O)c1N=Nc1c(Cl)cccc1Cl. The molecule has 0 aliphatic rings. The maximum atomic E-state index is 11.3. The Morgan fingerprint density at radius 3 is 2.18 bits per heavy atom. The summed E-state index contributed by atoms with van der Waals surface area (Å²) in [7, 11) is 0. The van der Waals surface area contributed by atoms with Crippen LogP contribution in [-0.2, 0) is 0 Å². The number of nitrogens with zero attached hydrogens (tertiary/aromatic N) is 2. The molecule has 0 unspecified atom stereocenters. The van der Waals surface area contributed by atoms with Gasteiger partial charge in [-0.05, 0) is 19.1 Å². The molecule has 2 rings (SSSR count). The number of H-pyrrole nitrogens is 2. The Kier molecular flexibility index (Phi) is 3.31. The molecule has 0 amide bonds. The summed E-state index contributed by atoms with van der Waals surface area (Å²) in [5.41, 5.74) is 0.813. The van der Waals surface area contributed by atoms with E-state index in [1.165, 1.54) is 0 Å². The van der Waals surface area contributed by atoms with Crippen LogP contribution >= 0.6 is 23.2 Å². The number of hydrogen-bond donors (Lipinski definition) is 2. The van der Waals surface area contributed by atoms with Crippen molar-refractivity contribution in [3.63, 3.8) is 0 Å². The van der Waals surface area contributed by atoms with E-state index in [4.69, 9.17) is 23.2 Å². The van der Waals surface area contributed by atoms with E-state index >= 15 is 0 Å². The van der Waals surface area contributed by atoms with Gasteiger partial charge >= 0.3 is 0 Å². The van der Waals surface area contributed by atoms with E-state index < -0.39 is 0 Å². The highest BCUT2D eigenvalue weighted by Crippen LogP contribution is 2.33. The first-order valence-corrected chi connectivity index (χ1v) is 5.48. The van der Waals surface area contributed by atoms with Crippen LogP contribution in [0.1, 0.15) is 5.69 Å². The molecule has 5 nitrogen and oxygen atoms in total. The van der Waals surface area contributed by atoms with Gasteiger partial charge in [0, 0.05) is 0 Å². The summed E-state index contributed by atoms with van der Waals surface area (Å²) in [5.74, 6) is 0. The summed E-state index contributed by atoms with van der Waals surface area (Å²) in [5, 5.41) is 13.5. The molecule has 0 bridgehead atoms. The van der Waals surface area contributed by atoms with Crippen molar-refractivity contribution in [2.45, 2.75) is 6.92 Å². The fourth-order valence-corrected chi connectivity index (χ4v) is 1.72. The monoisotopic (exact) mass is 270 g/mol. The normalized spacial score (nSPS) is 11.2. The first-order chi connectivity index (χ1) is 8.09. The summed E-state index contributed by atoms with van der Waals surface area (Å²) in [6.07, 6.45) is 0. The Labute approximate surface area is 106 Å². The van der Waals surface area contributed by atoms with Gasteiger partial charge in [-0.2, -0.15) is 0 Å². The molecule has 2 aromatic rings. The molecule has 0 saturated heterocycles. The van der Waals surface area contributed by atoms with E-state index in [1.54, 1.807) is 25.1 Å². The third-order valence-electron chi connectivity index (χ3n) is 2.12. The maximum Gasteiger partial charge on any atom is 0.291 e. The van der Waals surface area contributed by atoms with Crippen molar-refractivity contribution in [1.82, 2.24) is 10.2 Å². The quantitative estimate of drug-likeness (QED) is 0.802. The van der Waals surface area contributed by atoms with Crippen LogP contribution < -0.4 is 5.56 Å². The topological polar surface area (TPSA) is 73.4 Å². The van der Waals surface area contributed by atoms with Crippen molar-refractivity contribution in [2.24, 2.45) is 10.2 Å². The molecule has 1 aromatic carbocycles. The molecule has 7 heteroatoms. The zero-order valence-electron chi connectivity index (χ0n) is 8.79. The number of halogens is 2. The van der Waals surface area contributed by atoms with E-state index in [1.807, 2.05) is 0 Å². The molecule has 0 aliphatic carbocycles. The number of aryl methyl sites for hydroxylation is 1. The van der Waals surface area contributed by atoms with Crippen LogP contribution in [0.15, 0.2) is 33.2 Å². The summed E-state index contributed by atoms with van der Waals surface area (Å²) in [6, 6.07) is 5.00. The first-order valence-electron chi connectivity index (χ1n) is 4.72. The van der Waals surface area contributed by atoms with Crippen molar-refractivity contribution >= 4 is 34.6 Å². The highest BCUT2D eigenvalue weighted by molar-refractivity contribution is 6.38. The lowest BCUT2D eigenvalue weighted by molar-refractivity contribution is 1.02. The number of benzene rings is 1. The van der Waals surface area contributed by atoms with Gasteiger partial charge in [-0.15, -0.1) is 10.2 Å². The van der Waals surface area contributed by atoms with Gasteiger partial charge in [0.05, 0.1) is 15.7 Å². The van der Waals surface area contributed by atoms with Gasteiger partial charge in [0.1, 0.15) is 5.69 Å². The second-order valence-electron chi connectivity index (χ2n) is 3.32. The van der Waals surface area contributed by atoms with Crippen molar-refractivity contribution in [1.29, 1.82) is 0 Å². The van der Waals surface area contributed by atoms with Crippen molar-refractivity contribution in [3.8, 4) is 0 Å². The first kappa shape index (κ1) is 11.9. The van der Waals surface area contributed by atoms with Gasteiger partial charge in [0.15, 0.2) is 5.69 Å². The number of rotatable bonds is 2. The molecule has 0 saturated carbocycles. The molecule has 1 heterocycles. The number of aromatic amines is 2. The summed E-state index contributed by atoms with van der Waals surface area (Å²) >= 11 is 11.8. The lowest BCUT2D eigenvalue weighted by atomic mass is 10.3. The van der Waals surface area contributed by atoms with E-state index in [-0.39, 0.29) is 11.2 Å². The molecule has 0 atom stereocenters. The van der Waals surface area contributed by atoms with Crippen molar-refractivity contribution in [2.75, 3.05) is 0 Å². The van der Waals surface area contributed by atoms with Gasteiger partial charge < -0.3 is 5.10 Å². The van der Waals surface area contributed by atoms with Gasteiger partial charge in [-0.1, -0.05) is 29.3 Å². The Morgan fingerprint density at radius 2 is 1.65 bits per heavy atom. The second-order valence-corrected chi connectivity index (χ2v) is 4.14. The molecule has 0 aliphatic heterocycles. The minimum absolute atomic E-state index is 0.209. The Balaban J connectivity index is 2.43. The lowest BCUT2D eigenvalue weighted by Crippen LogP contribution is -1.96. The third kappa shape index (κ3) is 2.40. The number of hydrogen-bond acceptors (Lipinski definition) is 3. The minimum Gasteiger partial charge on any atom is -0.300 e. The largest absolute Gasteiger partial charge is 0.300 e. The van der Waals surface area contributed by atoms with Gasteiger partial charge in [0.2, 0.25) is 0 Å². The van der Waals surface area contributed by atoms with Crippen LogP contribution in [0.4, 0.5) is 11.4 Å². The lowest BCUT2D eigenvalue weighted by Gasteiger charge is -1.98. The third-order valence-corrected chi connectivity index (χ3v) is 2.73. The predicted molar refractivity (Wildman–Crippen MR) is 66.8 cm³/mol. The van der Waals surface area contributed by atoms with E-state index in [9.17, 15) is 4.79 Å². The van der Waals surface area contributed by atoms with Crippen LogP contribution in [0.3, 0.4) is 0 Å². The Bertz CT molecular complexity index is 609. The van der Waals surface area contributed by atoms with Crippen molar-refractivity contribution < 1.29 is 0 Å². The van der Waals surface area contributed by atoms with Crippen LogP contribution in [0.5, 0.6) is 0 Å². The molecule has 17 heavy (non-hydrogen) atoms. The molecule has 1 aromatic heterocycles. The Morgan fingerprint density at radius 1 is 1.06 bits per heavy atom. The zero-order chi connectivity index (χ0) is 12.4. The molecular formula is C10H8Cl2N4O. The van der Waals surface area contributed by atoms with E-state index in [0.717, 1.165) is 0 Å². The highest BCUT2D eigenvalue weighted by Gasteiger charge is 2.07. The molecular weight excluding hydrogens is 263 g/mol. The van der Waals surface area contributed by atoms with Crippen LogP contribution in [0.25, 0.3) is 0 Å². The molecule has 88 valence electrons. The standard InChI is InChI=1S/C10H8Cl2N4O/c1-5-8(10(17)16-13-5)14-15-9-6(11)3-2-4-7(9)12/h2-4H,1H3,(H2,13,16,17). The minimum atomic E-state index is -0.338. The fourth-order valence-electron chi connectivity index (χ4n) is 1.24. The Hall–Kier alpha value is -1.59. The van der Waals surface area contributed by atoms with Crippen LogP contribution in [0.2, 0.25) is 10.0 Å². The van der Waals surface area contributed by atoms with Gasteiger partial charge in [-0.25, -0.2) is 0 Å². The van der Waals surface area contributed by atoms with Gasteiger partial charge in [-0.3, -0.25) is 9.89 Å². The second kappa shape index (κ2) is 4.73. The summed E-state index contributed by atoms with van der Waals surface area (Å²) in [6.45, 7) is 1.71. The highest BCUT2D eigenvalue weighted by atomic mass is 35.5. The number of nitrogens with one attached hydrogen (secondary N) is 2. The smallest absolute Gasteiger partial charge is 0.291 e.